The van der Waals surface area contributed by atoms with Crippen LogP contribution < -0.4 is 15.0 Å². The van der Waals surface area contributed by atoms with E-state index in [9.17, 15) is 13.6 Å². The van der Waals surface area contributed by atoms with Crippen LogP contribution in [0.2, 0.25) is 0 Å². The van der Waals surface area contributed by atoms with E-state index in [1.165, 1.54) is 30.8 Å². The second-order valence-electron chi connectivity index (χ2n) is 10.1. The minimum atomic E-state index is -2.19. The third-order valence-electron chi connectivity index (χ3n) is 7.13. The lowest BCUT2D eigenvalue weighted by Gasteiger charge is -2.34. The number of carbonyl (C=O) groups excluding carboxylic acids is 1. The lowest BCUT2D eigenvalue weighted by atomic mass is 9.89. The van der Waals surface area contributed by atoms with Crippen molar-refractivity contribution < 1.29 is 18.3 Å². The Hall–Kier alpha value is -3.88. The Bertz CT molecular complexity index is 1440. The first kappa shape index (κ1) is 26.7. The van der Waals surface area contributed by atoms with Crippen LogP contribution in [-0.2, 0) is 13.0 Å². The molecule has 4 aromatic rings. The number of benzene rings is 2. The molecule has 2 radical (unpaired) electrons. The van der Waals surface area contributed by atoms with Crippen LogP contribution >= 0.6 is 0 Å². The molecule has 200 valence electrons. The van der Waals surface area contributed by atoms with Gasteiger partial charge in [-0.1, -0.05) is 31.2 Å². The highest BCUT2D eigenvalue weighted by Crippen LogP contribution is 2.32. The van der Waals surface area contributed by atoms with E-state index in [1.54, 1.807) is 16.5 Å². The average molecular weight is 528 g/mol. The monoisotopic (exact) mass is 528 g/mol. The van der Waals surface area contributed by atoms with Crippen LogP contribution in [0.5, 0.6) is 5.75 Å². The minimum absolute atomic E-state index is 0.238. The third kappa shape index (κ3) is 6.24. The molecule has 9 heteroatoms. The maximum atomic E-state index is 13.6. The predicted molar refractivity (Wildman–Crippen MR) is 149 cm³/mol. The van der Waals surface area contributed by atoms with Gasteiger partial charge in [-0.25, -0.2) is 13.8 Å². The number of aromatic nitrogens is 2. The van der Waals surface area contributed by atoms with Gasteiger partial charge in [0.2, 0.25) is 0 Å². The summed E-state index contributed by atoms with van der Waals surface area (Å²) in [6.45, 7) is 5.34. The first-order valence-corrected chi connectivity index (χ1v) is 13.3. The highest BCUT2D eigenvalue weighted by molar-refractivity contribution is 6.13. The normalized spacial score (nSPS) is 15.7. The van der Waals surface area contributed by atoms with Gasteiger partial charge in [-0.15, -0.1) is 0 Å². The lowest BCUT2D eigenvalue weighted by molar-refractivity contribution is 0.0391. The van der Waals surface area contributed by atoms with Crippen molar-refractivity contribution >= 4 is 25.1 Å². The first-order valence-electron chi connectivity index (χ1n) is 13.3. The van der Waals surface area contributed by atoms with Crippen LogP contribution in [0.1, 0.15) is 59.9 Å². The molecule has 39 heavy (non-hydrogen) atoms. The number of aryl methyl sites for hydroxylation is 1. The maximum absolute atomic E-state index is 13.6. The van der Waals surface area contributed by atoms with E-state index in [4.69, 9.17) is 12.6 Å². The summed E-state index contributed by atoms with van der Waals surface area (Å²) in [5.74, 6) is -1.96. The van der Waals surface area contributed by atoms with E-state index >= 15 is 0 Å². The number of alkyl halides is 1. The summed E-state index contributed by atoms with van der Waals surface area (Å²) in [6.07, 6.45) is 4.14. The molecular weight excluding hydrogens is 497 g/mol. The number of anilines is 1. The highest BCUT2D eigenvalue weighted by atomic mass is 19.2. The molecule has 1 aliphatic rings. The zero-order valence-electron chi connectivity index (χ0n) is 22.2. The van der Waals surface area contributed by atoms with Gasteiger partial charge in [0.1, 0.15) is 22.9 Å². The molecule has 0 saturated carbocycles. The SMILES string of the molecule is [B]C(C)(F)Oc1ccc(C2CCN(c3ccc(CNC(=O)c4c(CC)nc5cc(F)ccn45)cc3)CC2)cc1. The van der Waals surface area contributed by atoms with Crippen LogP contribution in [0, 0.1) is 5.82 Å². The molecule has 1 saturated heterocycles. The molecule has 5 rings (SSSR count). The molecule has 2 aromatic carbocycles. The van der Waals surface area contributed by atoms with E-state index in [1.807, 2.05) is 31.2 Å². The Kier molecular flexibility index (Phi) is 7.59. The van der Waals surface area contributed by atoms with Gasteiger partial charge < -0.3 is 15.0 Å². The molecule has 6 nitrogen and oxygen atoms in total. The van der Waals surface area contributed by atoms with Crippen molar-refractivity contribution in [2.24, 2.45) is 0 Å². The predicted octanol–water partition coefficient (Wildman–Crippen LogP) is 5.54. The summed E-state index contributed by atoms with van der Waals surface area (Å²) >= 11 is 0. The third-order valence-corrected chi connectivity index (χ3v) is 7.13. The molecular formula is C30H31BF2N4O2. The summed E-state index contributed by atoms with van der Waals surface area (Å²) in [7, 11) is 5.28. The van der Waals surface area contributed by atoms with Crippen molar-refractivity contribution in [1.82, 2.24) is 14.7 Å². The van der Waals surface area contributed by atoms with Crippen molar-refractivity contribution in [3.63, 3.8) is 0 Å². The Balaban J connectivity index is 1.15. The van der Waals surface area contributed by atoms with Crippen LogP contribution in [0.4, 0.5) is 14.5 Å². The minimum Gasteiger partial charge on any atom is -0.468 e. The van der Waals surface area contributed by atoms with Gasteiger partial charge in [0.05, 0.1) is 5.69 Å². The van der Waals surface area contributed by atoms with Crippen LogP contribution in [0.15, 0.2) is 66.9 Å². The van der Waals surface area contributed by atoms with Gasteiger partial charge >= 0.3 is 0 Å². The van der Waals surface area contributed by atoms with E-state index in [2.05, 4.69) is 27.3 Å². The van der Waals surface area contributed by atoms with Crippen LogP contribution in [0.3, 0.4) is 0 Å². The van der Waals surface area contributed by atoms with Gasteiger partial charge in [-0.2, -0.15) is 0 Å². The Morgan fingerprint density at radius 3 is 2.46 bits per heavy atom. The van der Waals surface area contributed by atoms with Crippen LogP contribution in [0.25, 0.3) is 5.65 Å². The number of amides is 1. The number of fused-ring (bicyclic) bond motifs is 1. The smallest absolute Gasteiger partial charge is 0.270 e. The number of ether oxygens (including phenoxy) is 1. The number of rotatable bonds is 8. The van der Waals surface area contributed by atoms with Crippen molar-refractivity contribution in [1.29, 1.82) is 0 Å². The maximum Gasteiger partial charge on any atom is 0.270 e. The van der Waals surface area contributed by atoms with Crippen molar-refractivity contribution in [2.45, 2.75) is 51.3 Å². The molecule has 0 bridgehead atoms. The van der Waals surface area contributed by atoms with E-state index in [0.717, 1.165) is 37.2 Å². The second-order valence-corrected chi connectivity index (χ2v) is 10.1. The van der Waals surface area contributed by atoms with Gasteiger partial charge in [0, 0.05) is 37.6 Å². The Morgan fingerprint density at radius 2 is 1.82 bits per heavy atom. The molecule has 1 unspecified atom stereocenters. The molecule has 3 heterocycles. The number of hydrogen-bond donors (Lipinski definition) is 1. The Labute approximate surface area is 228 Å². The summed E-state index contributed by atoms with van der Waals surface area (Å²) in [6, 6.07) is 18.4. The Morgan fingerprint density at radius 1 is 1.13 bits per heavy atom. The number of pyridine rings is 1. The number of piperidine rings is 1. The molecule has 2 aromatic heterocycles. The summed E-state index contributed by atoms with van der Waals surface area (Å²) in [5.41, 5.74) is 4.85. The number of nitrogens with one attached hydrogen (secondary N) is 1. The second kappa shape index (κ2) is 11.1. The largest absolute Gasteiger partial charge is 0.468 e. The lowest BCUT2D eigenvalue weighted by Crippen LogP contribution is -2.32. The number of imidazole rings is 1. The van der Waals surface area contributed by atoms with Gasteiger partial charge in [-0.05, 0) is 73.6 Å². The quantitative estimate of drug-likeness (QED) is 0.305. The summed E-state index contributed by atoms with van der Waals surface area (Å²) in [4.78, 5) is 19.8. The summed E-state index contributed by atoms with van der Waals surface area (Å²) in [5, 5.41) is 2.98. The fourth-order valence-corrected chi connectivity index (χ4v) is 5.16. The fourth-order valence-electron chi connectivity index (χ4n) is 5.16. The zero-order valence-corrected chi connectivity index (χ0v) is 22.2. The first-order chi connectivity index (χ1) is 18.7. The van der Waals surface area contributed by atoms with E-state index < -0.39 is 5.75 Å². The molecule has 0 aliphatic carbocycles. The fraction of sp³-hybridized carbons (Fsp3) is 0.333. The number of nitrogens with zero attached hydrogens (tertiary/aromatic N) is 3. The number of hydrogen-bond acceptors (Lipinski definition) is 4. The molecule has 1 atom stereocenters. The van der Waals surface area contributed by atoms with Gasteiger partial charge in [-0.3, -0.25) is 9.20 Å². The van der Waals surface area contributed by atoms with Crippen molar-refractivity contribution in [3.8, 4) is 5.75 Å². The van der Waals surface area contributed by atoms with E-state index in [-0.39, 0.29) is 11.7 Å². The molecule has 1 aliphatic heterocycles. The van der Waals surface area contributed by atoms with Gasteiger partial charge in [0.15, 0.2) is 13.6 Å². The summed E-state index contributed by atoms with van der Waals surface area (Å²) < 4.78 is 33.8. The van der Waals surface area contributed by atoms with Crippen LogP contribution in [-0.4, -0.2) is 42.0 Å². The standard InChI is InChI=1S/C30H31BF2N4O2/c1-3-26-28(37-17-14-23(32)18-27(37)35-26)29(38)34-19-20-4-8-24(9-5-20)36-15-12-22(13-16-36)21-6-10-25(11-7-21)39-30(2,31)33/h4-11,14,17-18,22H,3,12-13,15-16,19H2,1-2H3,(H,34,38). The molecule has 0 spiro atoms. The highest BCUT2D eigenvalue weighted by Gasteiger charge is 2.22. The molecule has 1 amide bonds. The number of halogens is 2. The average Bonchev–Trinajstić information content (AvgIpc) is 3.29. The topological polar surface area (TPSA) is 58.9 Å². The molecule has 1 fully saturated rings. The zero-order chi connectivity index (χ0) is 27.6. The molecule has 1 N–H and O–H groups in total. The number of carbonyl (C=O) groups is 1. The van der Waals surface area contributed by atoms with Crippen molar-refractivity contribution in [2.75, 3.05) is 18.0 Å². The van der Waals surface area contributed by atoms with Crippen molar-refractivity contribution in [3.05, 3.63) is 95.2 Å². The van der Waals surface area contributed by atoms with E-state index in [0.29, 0.717) is 41.7 Å². The van der Waals surface area contributed by atoms with Gasteiger partial charge in [0.25, 0.3) is 5.91 Å².